The van der Waals surface area contributed by atoms with Crippen molar-refractivity contribution in [3.05, 3.63) is 28.8 Å². The Bertz CT molecular complexity index is 439. The van der Waals surface area contributed by atoms with Gasteiger partial charge in [-0.1, -0.05) is 11.6 Å². The third kappa shape index (κ3) is 2.50. The molecule has 1 fully saturated rings. The number of carbonyl (C=O) groups excluding carboxylic acids is 1. The van der Waals surface area contributed by atoms with Gasteiger partial charge in [0, 0.05) is 10.9 Å². The predicted molar refractivity (Wildman–Crippen MR) is 67.9 cm³/mol. The van der Waals surface area contributed by atoms with Crippen LogP contribution in [0.4, 0.5) is 0 Å². The molecule has 0 aromatic heterocycles. The van der Waals surface area contributed by atoms with Crippen molar-refractivity contribution in [3.63, 3.8) is 0 Å². The van der Waals surface area contributed by atoms with Crippen molar-refractivity contribution in [3.8, 4) is 5.75 Å². The van der Waals surface area contributed by atoms with Crippen LogP contribution in [0.5, 0.6) is 5.75 Å². The largest absolute Gasteiger partial charge is 0.507 e. The van der Waals surface area contributed by atoms with Crippen molar-refractivity contribution < 1.29 is 9.90 Å². The van der Waals surface area contributed by atoms with Crippen LogP contribution in [0, 0.1) is 0 Å². The Morgan fingerprint density at radius 1 is 1.47 bits per heavy atom. The van der Waals surface area contributed by atoms with E-state index in [2.05, 4.69) is 5.32 Å². The zero-order chi connectivity index (χ0) is 12.5. The molecule has 1 aliphatic rings. The average molecular weight is 274 g/mol. The van der Waals surface area contributed by atoms with Crippen LogP contribution in [0.1, 0.15) is 29.6 Å². The highest BCUT2D eigenvalue weighted by atomic mass is 35.5. The number of alkyl halides is 1. The van der Waals surface area contributed by atoms with Crippen LogP contribution in [0.3, 0.4) is 0 Å². The van der Waals surface area contributed by atoms with Gasteiger partial charge in [0.15, 0.2) is 0 Å². The maximum atomic E-state index is 12.0. The van der Waals surface area contributed by atoms with E-state index in [4.69, 9.17) is 23.2 Å². The summed E-state index contributed by atoms with van der Waals surface area (Å²) in [5.74, 6) is -0.0221. The average Bonchev–Trinajstić information content (AvgIpc) is 2.23. The van der Waals surface area contributed by atoms with E-state index in [1.807, 2.05) is 0 Å². The molecular weight excluding hydrogens is 261 g/mol. The van der Waals surface area contributed by atoms with Crippen LogP contribution in [-0.4, -0.2) is 22.4 Å². The molecule has 5 heteroatoms. The molecule has 2 N–H and O–H groups in total. The molecule has 1 aromatic rings. The number of aromatic hydroxyl groups is 1. The molecule has 1 saturated carbocycles. The second-order valence-electron chi connectivity index (χ2n) is 4.38. The zero-order valence-electron chi connectivity index (χ0n) is 9.17. The second kappa shape index (κ2) is 4.75. The SMILES string of the molecule is O=C(NC1(CCl)CCC1)c1ccc(Cl)cc1O. The molecule has 3 nitrogen and oxygen atoms in total. The van der Waals surface area contributed by atoms with Gasteiger partial charge < -0.3 is 10.4 Å². The number of amides is 1. The summed E-state index contributed by atoms with van der Waals surface area (Å²) in [5.41, 5.74) is -0.0733. The fraction of sp³-hybridized carbons (Fsp3) is 0.417. The first-order valence-corrected chi connectivity index (χ1v) is 6.35. The van der Waals surface area contributed by atoms with E-state index >= 15 is 0 Å². The lowest BCUT2D eigenvalue weighted by atomic mass is 9.78. The second-order valence-corrected chi connectivity index (χ2v) is 5.09. The lowest BCUT2D eigenvalue weighted by molar-refractivity contribution is 0.0851. The van der Waals surface area contributed by atoms with Crippen molar-refractivity contribution in [1.29, 1.82) is 0 Å². The maximum absolute atomic E-state index is 12.0. The van der Waals surface area contributed by atoms with Gasteiger partial charge in [-0.25, -0.2) is 0 Å². The topological polar surface area (TPSA) is 49.3 Å². The van der Waals surface area contributed by atoms with Crippen molar-refractivity contribution in [2.45, 2.75) is 24.8 Å². The van der Waals surface area contributed by atoms with E-state index in [1.165, 1.54) is 12.1 Å². The van der Waals surface area contributed by atoms with E-state index in [0.29, 0.717) is 10.9 Å². The molecule has 1 aromatic carbocycles. The van der Waals surface area contributed by atoms with Crippen LogP contribution in [0.25, 0.3) is 0 Å². The summed E-state index contributed by atoms with van der Waals surface area (Å²) in [4.78, 5) is 12.0. The van der Waals surface area contributed by atoms with E-state index in [0.717, 1.165) is 19.3 Å². The van der Waals surface area contributed by atoms with Gasteiger partial charge in [-0.2, -0.15) is 0 Å². The van der Waals surface area contributed by atoms with Crippen LogP contribution < -0.4 is 5.32 Å². The summed E-state index contributed by atoms with van der Waals surface area (Å²) in [6.07, 6.45) is 2.84. The Balaban J connectivity index is 2.14. The van der Waals surface area contributed by atoms with Crippen LogP contribution in [0.2, 0.25) is 5.02 Å². The summed E-state index contributed by atoms with van der Waals surface area (Å²) < 4.78 is 0. The van der Waals surface area contributed by atoms with Crippen molar-refractivity contribution >= 4 is 29.1 Å². The Hall–Kier alpha value is -0.930. The van der Waals surface area contributed by atoms with E-state index in [1.54, 1.807) is 6.07 Å². The number of phenols is 1. The lowest BCUT2D eigenvalue weighted by Gasteiger charge is -2.41. The molecule has 0 bridgehead atoms. The Morgan fingerprint density at radius 3 is 2.65 bits per heavy atom. The molecule has 0 radical (unpaired) electrons. The molecule has 0 unspecified atom stereocenters. The highest BCUT2D eigenvalue weighted by Crippen LogP contribution is 2.33. The minimum Gasteiger partial charge on any atom is -0.507 e. The van der Waals surface area contributed by atoms with Crippen molar-refractivity contribution in [1.82, 2.24) is 5.32 Å². The molecule has 2 rings (SSSR count). The quantitative estimate of drug-likeness (QED) is 0.832. The molecule has 17 heavy (non-hydrogen) atoms. The first-order valence-electron chi connectivity index (χ1n) is 5.43. The third-order valence-electron chi connectivity index (χ3n) is 3.15. The van der Waals surface area contributed by atoms with Gasteiger partial charge in [0.2, 0.25) is 0 Å². The Labute approximate surface area is 110 Å². The van der Waals surface area contributed by atoms with E-state index in [9.17, 15) is 9.90 Å². The van der Waals surface area contributed by atoms with Gasteiger partial charge >= 0.3 is 0 Å². The highest BCUT2D eigenvalue weighted by Gasteiger charge is 2.37. The summed E-state index contributed by atoms with van der Waals surface area (Å²) >= 11 is 11.6. The maximum Gasteiger partial charge on any atom is 0.255 e. The number of nitrogens with one attached hydrogen (secondary N) is 1. The van der Waals surface area contributed by atoms with Gasteiger partial charge in [0.1, 0.15) is 5.75 Å². The van der Waals surface area contributed by atoms with E-state index < -0.39 is 0 Å². The fourth-order valence-electron chi connectivity index (χ4n) is 1.90. The molecule has 92 valence electrons. The molecule has 0 aliphatic heterocycles. The molecule has 0 atom stereocenters. The van der Waals surface area contributed by atoms with E-state index in [-0.39, 0.29) is 22.8 Å². The smallest absolute Gasteiger partial charge is 0.255 e. The number of carbonyl (C=O) groups is 1. The van der Waals surface area contributed by atoms with Crippen LogP contribution in [0.15, 0.2) is 18.2 Å². The van der Waals surface area contributed by atoms with Gasteiger partial charge in [0.25, 0.3) is 5.91 Å². The number of phenolic OH excluding ortho intramolecular Hbond substituents is 1. The summed E-state index contributed by atoms with van der Waals surface area (Å²) in [6, 6.07) is 4.43. The van der Waals surface area contributed by atoms with Crippen molar-refractivity contribution in [2.24, 2.45) is 0 Å². The lowest BCUT2D eigenvalue weighted by Crippen LogP contribution is -2.55. The van der Waals surface area contributed by atoms with Gasteiger partial charge in [0.05, 0.1) is 11.1 Å². The Morgan fingerprint density at radius 2 is 2.18 bits per heavy atom. The normalized spacial score (nSPS) is 17.3. The predicted octanol–water partition coefficient (Wildman–Crippen LogP) is 2.94. The minimum atomic E-state index is -0.306. The fourth-order valence-corrected chi connectivity index (χ4v) is 2.40. The number of benzene rings is 1. The minimum absolute atomic E-state index is 0.112. The Kier molecular flexibility index (Phi) is 3.50. The number of hydrogen-bond acceptors (Lipinski definition) is 2. The first-order chi connectivity index (χ1) is 8.06. The zero-order valence-corrected chi connectivity index (χ0v) is 10.7. The molecule has 1 aliphatic carbocycles. The van der Waals surface area contributed by atoms with Gasteiger partial charge in [-0.15, -0.1) is 11.6 Å². The van der Waals surface area contributed by atoms with Gasteiger partial charge in [-0.3, -0.25) is 4.79 Å². The highest BCUT2D eigenvalue weighted by molar-refractivity contribution is 6.30. The van der Waals surface area contributed by atoms with Crippen LogP contribution in [-0.2, 0) is 0 Å². The third-order valence-corrected chi connectivity index (χ3v) is 3.90. The monoisotopic (exact) mass is 273 g/mol. The van der Waals surface area contributed by atoms with Crippen LogP contribution >= 0.6 is 23.2 Å². The first kappa shape index (κ1) is 12.5. The number of hydrogen-bond donors (Lipinski definition) is 2. The molecule has 0 saturated heterocycles. The summed E-state index contributed by atoms with van der Waals surface area (Å²) in [6.45, 7) is 0. The number of rotatable bonds is 3. The molecule has 0 spiro atoms. The molecule has 1 amide bonds. The molecular formula is C12H13Cl2NO2. The molecule has 0 heterocycles. The van der Waals surface area contributed by atoms with Gasteiger partial charge in [-0.05, 0) is 37.5 Å². The van der Waals surface area contributed by atoms with Crippen molar-refractivity contribution in [2.75, 3.05) is 5.88 Å². The summed E-state index contributed by atoms with van der Waals surface area (Å²) in [5, 5.41) is 12.9. The summed E-state index contributed by atoms with van der Waals surface area (Å²) in [7, 11) is 0. The standard InChI is InChI=1S/C12H13Cl2NO2/c13-7-12(4-1-5-12)15-11(17)9-3-2-8(14)6-10(9)16/h2-3,6,16H,1,4-5,7H2,(H,15,17). The number of halogens is 2.